The minimum atomic E-state index is -5.30. The number of sulfonamides is 1. The molecule has 1 heterocycles. The number of nitrogens with one attached hydrogen (secondary N) is 1. The van der Waals surface area contributed by atoms with Gasteiger partial charge in [0.15, 0.2) is 0 Å². The van der Waals surface area contributed by atoms with Crippen molar-refractivity contribution in [3.63, 3.8) is 0 Å². The Morgan fingerprint density at radius 1 is 1.09 bits per heavy atom. The second-order valence-corrected chi connectivity index (χ2v) is 8.58. The first kappa shape index (κ1) is 15.6. The van der Waals surface area contributed by atoms with Gasteiger partial charge in [-0.15, -0.1) is 0 Å². The zero-order valence-corrected chi connectivity index (χ0v) is 20.0. The second kappa shape index (κ2) is 12.4. The summed E-state index contributed by atoms with van der Waals surface area (Å²) in [5.41, 5.74) is 2.37. The van der Waals surface area contributed by atoms with Gasteiger partial charge in [-0.1, -0.05) is 60.7 Å². The Morgan fingerprint density at radius 3 is 2.31 bits per heavy atom. The SMILES string of the molecule is [2H]C([2H])(OCC([2H])([2H])C([2H])([2H])CN(c1cnc(-c2ccccc2)c(-c2ccccc2)n1)C([2H])(C)C)C(=O)NS(=O)(=O)C([2H])([2H])[2H]. The molecule has 1 aromatic heterocycles. The minimum Gasteiger partial charge on any atom is -0.372 e. The Balaban J connectivity index is 1.93. The maximum absolute atomic E-state index is 12.2. The zero-order chi connectivity index (χ0) is 34.1. The van der Waals surface area contributed by atoms with Gasteiger partial charge in [0.1, 0.15) is 12.4 Å². The van der Waals surface area contributed by atoms with Crippen molar-refractivity contribution in [2.45, 2.75) is 32.6 Å². The van der Waals surface area contributed by atoms with E-state index in [0.29, 0.717) is 17.0 Å². The van der Waals surface area contributed by atoms with E-state index in [-0.39, 0.29) is 5.82 Å². The third kappa shape index (κ3) is 8.15. The average molecular weight is 507 g/mol. The van der Waals surface area contributed by atoms with Crippen LogP contribution in [0.4, 0.5) is 5.82 Å². The molecule has 0 radical (unpaired) electrons. The minimum absolute atomic E-state index is 0.0405. The van der Waals surface area contributed by atoms with Crippen LogP contribution in [0.5, 0.6) is 0 Å². The largest absolute Gasteiger partial charge is 0.372 e. The summed E-state index contributed by atoms with van der Waals surface area (Å²) in [6, 6.07) is 16.6. The van der Waals surface area contributed by atoms with E-state index in [4.69, 9.17) is 18.7 Å². The molecule has 0 unspecified atom stereocenters. The molecule has 0 saturated carbocycles. The van der Waals surface area contributed by atoms with E-state index in [2.05, 4.69) is 9.72 Å². The lowest BCUT2D eigenvalue weighted by Gasteiger charge is -2.28. The number of anilines is 1. The normalized spacial score (nSPS) is 17.5. The number of carbonyl (C=O) groups is 1. The number of aromatic nitrogens is 2. The van der Waals surface area contributed by atoms with Crippen LogP contribution in [0.3, 0.4) is 0 Å². The molecule has 1 N–H and O–H groups in total. The molecule has 1 amide bonds. The van der Waals surface area contributed by atoms with Gasteiger partial charge in [-0.3, -0.25) is 14.5 Å². The molecule has 3 aromatic rings. The molecular formula is C26H32N4O4S. The molecular weight excluding hydrogens is 464 g/mol. The number of benzene rings is 2. The van der Waals surface area contributed by atoms with Crippen LogP contribution in [-0.4, -0.2) is 56.2 Å². The molecule has 0 atom stereocenters. The Kier molecular flexibility index (Phi) is 5.55. The Morgan fingerprint density at radius 2 is 1.71 bits per heavy atom. The fraction of sp³-hybridized carbons (Fsp3) is 0.346. The topological polar surface area (TPSA) is 101 Å². The first-order chi connectivity index (χ1) is 20.5. The predicted octanol–water partition coefficient (Wildman–Crippen LogP) is 3.90. The lowest BCUT2D eigenvalue weighted by Crippen LogP contribution is -2.33. The van der Waals surface area contributed by atoms with E-state index in [1.807, 2.05) is 36.4 Å². The summed E-state index contributed by atoms with van der Waals surface area (Å²) in [6.45, 7) is -2.90. The molecule has 0 bridgehead atoms. The molecule has 0 fully saturated rings. The zero-order valence-electron chi connectivity index (χ0n) is 29.1. The summed E-state index contributed by atoms with van der Waals surface area (Å²) in [7, 11) is -5.30. The van der Waals surface area contributed by atoms with E-state index >= 15 is 0 Å². The van der Waals surface area contributed by atoms with Crippen molar-refractivity contribution in [2.75, 3.05) is 30.8 Å². The number of nitrogens with zero attached hydrogens (tertiary/aromatic N) is 3. The van der Waals surface area contributed by atoms with Gasteiger partial charge in [-0.25, -0.2) is 13.4 Å². The van der Waals surface area contributed by atoms with Crippen LogP contribution in [0.15, 0.2) is 66.9 Å². The maximum atomic E-state index is 12.2. The summed E-state index contributed by atoms with van der Waals surface area (Å²) in [5.74, 6) is -2.00. The standard InChI is InChI=1S/C26H32N4O4S/c1-20(2)30(16-10-11-17-34-19-24(31)29-35(3,32)33)23-18-27-25(21-12-6-4-7-13-21)26(28-23)22-14-8-5-9-15-22/h4-9,12-15,18,20H,10-11,16-17,19H2,1-3H3,(H,29,31)/i3D3,10D2,11D2,19D2,20D. The lowest BCUT2D eigenvalue weighted by atomic mass is 10.0. The van der Waals surface area contributed by atoms with E-state index in [0.717, 1.165) is 10.3 Å². The monoisotopic (exact) mass is 506 g/mol. The first-order valence-electron chi connectivity index (χ1n) is 15.4. The second-order valence-electron chi connectivity index (χ2n) is 7.37. The smallest absolute Gasteiger partial charge is 0.259 e. The van der Waals surface area contributed by atoms with E-state index in [1.54, 1.807) is 24.3 Å². The van der Waals surface area contributed by atoms with Crippen molar-refractivity contribution in [1.29, 1.82) is 0 Å². The molecule has 0 aliphatic carbocycles. The van der Waals surface area contributed by atoms with Gasteiger partial charge in [0.2, 0.25) is 10.0 Å². The summed E-state index contributed by atoms with van der Waals surface area (Å²) in [5, 5.41) is 0. The lowest BCUT2D eigenvalue weighted by molar-refractivity contribution is -0.123. The highest BCUT2D eigenvalue weighted by molar-refractivity contribution is 7.89. The number of amides is 1. The quantitative estimate of drug-likeness (QED) is 0.397. The van der Waals surface area contributed by atoms with Gasteiger partial charge in [0.25, 0.3) is 5.91 Å². The molecule has 9 heteroatoms. The summed E-state index contributed by atoms with van der Waals surface area (Å²) >= 11 is 0. The average Bonchev–Trinajstić information content (AvgIpc) is 2.94. The van der Waals surface area contributed by atoms with Crippen molar-refractivity contribution in [1.82, 2.24) is 14.7 Å². The molecule has 0 spiro atoms. The Hall–Kier alpha value is -3.30. The highest BCUT2D eigenvalue weighted by atomic mass is 32.2. The molecule has 2 aromatic carbocycles. The molecule has 35 heavy (non-hydrogen) atoms. The molecule has 0 saturated heterocycles. The van der Waals surface area contributed by atoms with Crippen LogP contribution < -0.4 is 9.62 Å². The van der Waals surface area contributed by atoms with Crippen molar-refractivity contribution in [3.8, 4) is 22.5 Å². The Bertz CT molecular complexity index is 1600. The van der Waals surface area contributed by atoms with Gasteiger partial charge < -0.3 is 9.64 Å². The van der Waals surface area contributed by atoms with Crippen LogP contribution >= 0.6 is 0 Å². The third-order valence-electron chi connectivity index (χ3n) is 4.57. The van der Waals surface area contributed by atoms with Crippen molar-refractivity contribution in [3.05, 3.63) is 66.9 Å². The van der Waals surface area contributed by atoms with Gasteiger partial charge in [-0.05, 0) is 26.6 Å². The summed E-state index contributed by atoms with van der Waals surface area (Å²) in [4.78, 5) is 22.6. The van der Waals surface area contributed by atoms with Gasteiger partial charge in [-0.2, -0.15) is 0 Å². The number of rotatable bonds is 12. The van der Waals surface area contributed by atoms with Crippen LogP contribution in [-0.2, 0) is 19.6 Å². The van der Waals surface area contributed by atoms with E-state index < -0.39 is 60.6 Å². The first-order valence-corrected chi connectivity index (χ1v) is 11.9. The number of carbonyl (C=O) groups excluding carboxylic acids is 1. The van der Waals surface area contributed by atoms with E-state index in [9.17, 15) is 13.2 Å². The van der Waals surface area contributed by atoms with E-state index in [1.165, 1.54) is 24.9 Å². The van der Waals surface area contributed by atoms with Gasteiger partial charge in [0, 0.05) is 39.9 Å². The highest BCUT2D eigenvalue weighted by Crippen LogP contribution is 2.30. The molecule has 186 valence electrons. The maximum Gasteiger partial charge on any atom is 0.259 e. The Labute approximate surface area is 221 Å². The number of ether oxygens (including phenoxy) is 1. The van der Waals surface area contributed by atoms with Crippen molar-refractivity contribution < 1.29 is 31.7 Å². The highest BCUT2D eigenvalue weighted by Gasteiger charge is 2.17. The van der Waals surface area contributed by atoms with Crippen molar-refractivity contribution in [2.24, 2.45) is 0 Å². The third-order valence-corrected chi connectivity index (χ3v) is 5.02. The fourth-order valence-electron chi connectivity index (χ4n) is 3.05. The molecule has 8 nitrogen and oxygen atoms in total. The van der Waals surface area contributed by atoms with Crippen LogP contribution in [0.1, 0.15) is 40.3 Å². The summed E-state index contributed by atoms with van der Waals surface area (Å²) in [6.07, 6.45) is -8.29. The molecule has 0 aliphatic heterocycles. The van der Waals surface area contributed by atoms with Crippen molar-refractivity contribution >= 4 is 21.7 Å². The number of hydrogen-bond acceptors (Lipinski definition) is 7. The van der Waals surface area contributed by atoms with Crippen LogP contribution in [0, 0.1) is 0 Å². The summed E-state index contributed by atoms with van der Waals surface area (Å²) < 4.78 is 108. The predicted molar refractivity (Wildman–Crippen MR) is 138 cm³/mol. The van der Waals surface area contributed by atoms with Gasteiger partial charge in [0.05, 0.1) is 27.9 Å². The molecule has 3 rings (SSSR count). The van der Waals surface area contributed by atoms with Crippen LogP contribution in [0.25, 0.3) is 22.5 Å². The number of hydrogen-bond donors (Lipinski definition) is 1. The molecule has 0 aliphatic rings. The fourth-order valence-corrected chi connectivity index (χ4v) is 3.33. The van der Waals surface area contributed by atoms with Crippen LogP contribution in [0.2, 0.25) is 0 Å². The van der Waals surface area contributed by atoms with Gasteiger partial charge >= 0.3 is 0 Å².